The molecule has 1 aliphatic rings. The molecule has 2 rings (SSSR count). The molecule has 1 aliphatic heterocycles. The van der Waals surface area contributed by atoms with Gasteiger partial charge in [-0.3, -0.25) is 9.69 Å². The van der Waals surface area contributed by atoms with Gasteiger partial charge in [-0.15, -0.1) is 0 Å². The summed E-state index contributed by atoms with van der Waals surface area (Å²) in [6.07, 6.45) is 5.41. The van der Waals surface area contributed by atoms with Gasteiger partial charge in [0.1, 0.15) is 17.6 Å². The van der Waals surface area contributed by atoms with E-state index in [9.17, 15) is 9.59 Å². The lowest BCUT2D eigenvalue weighted by atomic mass is 10.1. The van der Waals surface area contributed by atoms with Crippen LogP contribution in [-0.2, 0) is 9.53 Å². The van der Waals surface area contributed by atoms with E-state index in [-0.39, 0.29) is 11.7 Å². The molecule has 7 heteroatoms. The highest BCUT2D eigenvalue weighted by Crippen LogP contribution is 2.22. The zero-order valence-electron chi connectivity index (χ0n) is 13.6. The molecule has 1 aromatic rings. The molecule has 0 radical (unpaired) electrons. The van der Waals surface area contributed by atoms with Crippen molar-refractivity contribution in [1.82, 2.24) is 10.2 Å². The van der Waals surface area contributed by atoms with E-state index in [4.69, 9.17) is 9.47 Å². The number of benzene rings is 1. The van der Waals surface area contributed by atoms with Crippen LogP contribution in [0.1, 0.15) is 10.4 Å². The first-order valence-corrected chi connectivity index (χ1v) is 8.02. The highest BCUT2D eigenvalue weighted by molar-refractivity contribution is 7.80. The Morgan fingerprint density at radius 1 is 1.33 bits per heavy atom. The molecule has 0 spiro atoms. The molecule has 1 amide bonds. The fraction of sp³-hybridized carbons (Fsp3) is 0.294. The van der Waals surface area contributed by atoms with Crippen LogP contribution in [0.2, 0.25) is 0 Å². The van der Waals surface area contributed by atoms with E-state index in [1.165, 1.54) is 19.1 Å². The summed E-state index contributed by atoms with van der Waals surface area (Å²) in [5, 5.41) is 3.02. The number of nitrogens with zero attached hydrogens (tertiary/aromatic N) is 1. The molecule has 1 N–H and O–H groups in total. The van der Waals surface area contributed by atoms with Crippen LogP contribution in [0.5, 0.6) is 5.75 Å². The Kier molecular flexibility index (Phi) is 6.31. The number of carbonyl (C=O) groups excluding carboxylic acids is 2. The average molecular weight is 348 g/mol. The molecule has 0 fully saturated rings. The number of hydrogen-bond donors (Lipinski definition) is 2. The maximum absolute atomic E-state index is 12.9. The summed E-state index contributed by atoms with van der Waals surface area (Å²) in [5.74, 6) is 0.584. The average Bonchev–Trinajstić information content (AvgIpc) is 2.65. The Bertz CT molecular complexity index is 672. The Morgan fingerprint density at radius 2 is 2.08 bits per heavy atom. The standard InChI is InChI=1S/C17H20N2O4S/c1-22-14-8-4-3-7-12(14)16(20)19-10-6-5-9-15(19)18-13(11-24)17(21)23-2/h3-9,13,18,24H,10-11H2,1-2H3/t13-/m1/s1. The molecular weight excluding hydrogens is 328 g/mol. The number of thiol groups is 1. The zero-order chi connectivity index (χ0) is 17.5. The third-order valence-electron chi connectivity index (χ3n) is 3.54. The van der Waals surface area contributed by atoms with Crippen molar-refractivity contribution in [2.75, 3.05) is 26.5 Å². The fourth-order valence-electron chi connectivity index (χ4n) is 2.30. The molecule has 1 aromatic carbocycles. The smallest absolute Gasteiger partial charge is 0.329 e. The third kappa shape index (κ3) is 3.91. The quantitative estimate of drug-likeness (QED) is 0.604. The van der Waals surface area contributed by atoms with Crippen LogP contribution in [0, 0.1) is 0 Å². The first kappa shape index (κ1) is 17.9. The molecule has 0 saturated carbocycles. The molecular formula is C17H20N2O4S. The number of allylic oxidation sites excluding steroid dienone is 2. The number of ether oxygens (including phenoxy) is 2. The number of rotatable bonds is 6. The summed E-state index contributed by atoms with van der Waals surface area (Å²) in [7, 11) is 2.83. The molecule has 0 bridgehead atoms. The van der Waals surface area contributed by atoms with Gasteiger partial charge in [-0.25, -0.2) is 4.79 Å². The van der Waals surface area contributed by atoms with Gasteiger partial charge in [0, 0.05) is 12.3 Å². The predicted octanol–water partition coefficient (Wildman–Crippen LogP) is 1.61. The van der Waals surface area contributed by atoms with Crippen LogP contribution in [0.15, 0.2) is 48.3 Å². The topological polar surface area (TPSA) is 67.9 Å². The first-order chi connectivity index (χ1) is 11.6. The van der Waals surface area contributed by atoms with E-state index in [1.807, 2.05) is 12.2 Å². The second kappa shape index (κ2) is 8.44. The lowest BCUT2D eigenvalue weighted by molar-refractivity contribution is -0.142. The fourth-order valence-corrected chi connectivity index (χ4v) is 2.54. The second-order valence-electron chi connectivity index (χ2n) is 5.00. The minimum absolute atomic E-state index is 0.224. The van der Waals surface area contributed by atoms with E-state index in [1.54, 1.807) is 30.3 Å². The van der Waals surface area contributed by atoms with E-state index in [2.05, 4.69) is 17.9 Å². The SMILES string of the molecule is COC(=O)[C@@H](CS)NC1=CC=CCN1C(=O)c1ccccc1OC. The van der Waals surface area contributed by atoms with Crippen molar-refractivity contribution < 1.29 is 19.1 Å². The van der Waals surface area contributed by atoms with E-state index in [0.717, 1.165) is 0 Å². The number of nitrogens with one attached hydrogen (secondary N) is 1. The van der Waals surface area contributed by atoms with Crippen LogP contribution >= 0.6 is 12.6 Å². The van der Waals surface area contributed by atoms with E-state index >= 15 is 0 Å². The van der Waals surface area contributed by atoms with E-state index in [0.29, 0.717) is 23.7 Å². The van der Waals surface area contributed by atoms with Crippen molar-refractivity contribution in [1.29, 1.82) is 0 Å². The Balaban J connectivity index is 2.25. The van der Waals surface area contributed by atoms with Gasteiger partial charge < -0.3 is 14.8 Å². The van der Waals surface area contributed by atoms with Crippen LogP contribution in [0.4, 0.5) is 0 Å². The molecule has 1 atom stereocenters. The lowest BCUT2D eigenvalue weighted by Crippen LogP contribution is -2.46. The second-order valence-corrected chi connectivity index (χ2v) is 5.36. The molecule has 1 heterocycles. The minimum Gasteiger partial charge on any atom is -0.496 e. The van der Waals surface area contributed by atoms with Crippen molar-refractivity contribution in [3.8, 4) is 5.75 Å². The molecule has 6 nitrogen and oxygen atoms in total. The summed E-state index contributed by atoms with van der Waals surface area (Å²) in [6.45, 7) is 0.385. The number of hydrogen-bond acceptors (Lipinski definition) is 6. The zero-order valence-corrected chi connectivity index (χ0v) is 14.5. The Morgan fingerprint density at radius 3 is 2.75 bits per heavy atom. The number of para-hydroxylation sites is 1. The third-order valence-corrected chi connectivity index (χ3v) is 3.91. The van der Waals surface area contributed by atoms with Crippen molar-refractivity contribution in [3.05, 3.63) is 53.9 Å². The maximum atomic E-state index is 12.9. The largest absolute Gasteiger partial charge is 0.496 e. The van der Waals surface area contributed by atoms with Gasteiger partial charge in [0.25, 0.3) is 5.91 Å². The highest BCUT2D eigenvalue weighted by Gasteiger charge is 2.26. The number of esters is 1. The first-order valence-electron chi connectivity index (χ1n) is 7.39. The van der Waals surface area contributed by atoms with Crippen molar-refractivity contribution >= 4 is 24.5 Å². The van der Waals surface area contributed by atoms with Gasteiger partial charge in [-0.1, -0.05) is 24.3 Å². The molecule has 0 saturated heterocycles. The summed E-state index contributed by atoms with van der Waals surface area (Å²) < 4.78 is 10.0. The molecule has 0 unspecified atom stereocenters. The van der Waals surface area contributed by atoms with Gasteiger partial charge in [-0.2, -0.15) is 12.6 Å². The van der Waals surface area contributed by atoms with Gasteiger partial charge in [-0.05, 0) is 18.2 Å². The minimum atomic E-state index is -0.649. The highest BCUT2D eigenvalue weighted by atomic mass is 32.1. The summed E-state index contributed by atoms with van der Waals surface area (Å²) in [4.78, 5) is 26.2. The van der Waals surface area contributed by atoms with Gasteiger partial charge in [0.2, 0.25) is 0 Å². The van der Waals surface area contributed by atoms with Crippen LogP contribution in [0.3, 0.4) is 0 Å². The van der Waals surface area contributed by atoms with Crippen LogP contribution < -0.4 is 10.1 Å². The lowest BCUT2D eigenvalue weighted by Gasteiger charge is -2.29. The Hall–Kier alpha value is -2.41. The van der Waals surface area contributed by atoms with Gasteiger partial charge >= 0.3 is 5.97 Å². The van der Waals surface area contributed by atoms with Crippen molar-refractivity contribution in [3.63, 3.8) is 0 Å². The number of amides is 1. The van der Waals surface area contributed by atoms with E-state index < -0.39 is 12.0 Å². The number of methoxy groups -OCH3 is 2. The predicted molar refractivity (Wildman–Crippen MR) is 94.0 cm³/mol. The van der Waals surface area contributed by atoms with Gasteiger partial charge in [0.15, 0.2) is 0 Å². The monoisotopic (exact) mass is 348 g/mol. The molecule has 128 valence electrons. The molecule has 0 aliphatic carbocycles. The normalized spacial score (nSPS) is 14.6. The van der Waals surface area contributed by atoms with Crippen LogP contribution in [-0.4, -0.2) is 49.3 Å². The van der Waals surface area contributed by atoms with Gasteiger partial charge in [0.05, 0.1) is 19.8 Å². The maximum Gasteiger partial charge on any atom is 0.329 e. The summed E-state index contributed by atoms with van der Waals surface area (Å²) in [5.41, 5.74) is 0.448. The number of carbonyl (C=O) groups is 2. The molecule has 0 aromatic heterocycles. The molecule has 24 heavy (non-hydrogen) atoms. The van der Waals surface area contributed by atoms with Crippen molar-refractivity contribution in [2.45, 2.75) is 6.04 Å². The van der Waals surface area contributed by atoms with Crippen LogP contribution in [0.25, 0.3) is 0 Å². The van der Waals surface area contributed by atoms with Crippen molar-refractivity contribution in [2.24, 2.45) is 0 Å². The summed E-state index contributed by atoms with van der Waals surface area (Å²) >= 11 is 4.16. The summed E-state index contributed by atoms with van der Waals surface area (Å²) in [6, 6.07) is 6.36. The Labute approximate surface area is 146 Å².